The van der Waals surface area contributed by atoms with Crippen LogP contribution in [0.15, 0.2) is 12.2 Å². The lowest BCUT2D eigenvalue weighted by Gasteiger charge is -1.93. The maximum Gasteiger partial charge on any atom is 0.0269 e. The van der Waals surface area contributed by atoms with Gasteiger partial charge in [0.05, 0.1) is 0 Å². The van der Waals surface area contributed by atoms with Gasteiger partial charge in [-0.3, -0.25) is 0 Å². The minimum absolute atomic E-state index is 0.799. The van der Waals surface area contributed by atoms with Gasteiger partial charge in [-0.1, -0.05) is 30.9 Å². The number of hydrogen-bond acceptors (Lipinski definition) is 0. The lowest BCUT2D eigenvalue weighted by molar-refractivity contribution is 0.682. The highest BCUT2D eigenvalue weighted by Crippen LogP contribution is 2.02. The molecule has 0 spiro atoms. The molecule has 0 saturated carbocycles. The van der Waals surface area contributed by atoms with Gasteiger partial charge in [0.2, 0.25) is 0 Å². The van der Waals surface area contributed by atoms with E-state index in [-0.39, 0.29) is 0 Å². The Morgan fingerprint density at radius 3 is 2.54 bits per heavy atom. The average molecular weight is 199 g/mol. The van der Waals surface area contributed by atoms with Gasteiger partial charge in [-0.25, -0.2) is 0 Å². The van der Waals surface area contributed by atoms with Crippen molar-refractivity contribution in [3.05, 3.63) is 12.2 Å². The fourth-order valence-corrected chi connectivity index (χ4v) is 1.19. The van der Waals surface area contributed by atoms with E-state index in [2.05, 4.69) is 17.9 Å². The summed E-state index contributed by atoms with van der Waals surface area (Å²) in [7, 11) is 0. The van der Waals surface area contributed by atoms with E-state index < -0.39 is 0 Å². The predicted octanol–water partition coefficient (Wildman–Crippen LogP) is 4.15. The fraction of sp³-hybridized carbons (Fsp3) is 0.667. The Morgan fingerprint density at radius 2 is 1.85 bits per heavy atom. The number of hydrogen-bond donors (Lipinski definition) is 0. The second-order valence-corrected chi connectivity index (χ2v) is 3.36. The topological polar surface area (TPSA) is 0 Å². The molecule has 74 valence electrons. The number of allylic oxidation sites excluding steroid dienone is 2. The van der Waals surface area contributed by atoms with Gasteiger partial charge in [0, 0.05) is 18.7 Å². The molecule has 0 nitrogen and oxygen atoms in total. The molecule has 0 aliphatic rings. The van der Waals surface area contributed by atoms with Gasteiger partial charge >= 0.3 is 0 Å². The first-order valence-electron chi connectivity index (χ1n) is 5.04. The van der Waals surface area contributed by atoms with Crippen LogP contribution < -0.4 is 0 Å². The molecule has 0 unspecified atom stereocenters. The van der Waals surface area contributed by atoms with E-state index in [1.165, 1.54) is 19.3 Å². The molecule has 0 heterocycles. The summed E-state index contributed by atoms with van der Waals surface area (Å²) >= 11 is 5.56. The van der Waals surface area contributed by atoms with Crippen LogP contribution in [0.3, 0.4) is 0 Å². The summed E-state index contributed by atoms with van der Waals surface area (Å²) in [5, 5.41) is 0. The fourth-order valence-electron chi connectivity index (χ4n) is 0.999. The van der Waals surface area contributed by atoms with E-state index in [1.807, 2.05) is 13.0 Å². The zero-order valence-electron chi connectivity index (χ0n) is 8.48. The number of halogens is 1. The second-order valence-electron chi connectivity index (χ2n) is 2.98. The highest BCUT2D eigenvalue weighted by molar-refractivity contribution is 6.17. The molecule has 0 aromatic carbocycles. The van der Waals surface area contributed by atoms with Gasteiger partial charge in [-0.05, 0) is 19.8 Å². The van der Waals surface area contributed by atoms with Crippen LogP contribution >= 0.6 is 11.6 Å². The first-order chi connectivity index (χ1) is 6.41. The lowest BCUT2D eigenvalue weighted by Crippen LogP contribution is -1.78. The van der Waals surface area contributed by atoms with E-state index in [0.29, 0.717) is 0 Å². The van der Waals surface area contributed by atoms with Crippen LogP contribution in [-0.4, -0.2) is 5.88 Å². The van der Waals surface area contributed by atoms with Crippen molar-refractivity contribution in [2.45, 2.75) is 45.4 Å². The van der Waals surface area contributed by atoms with Crippen molar-refractivity contribution >= 4 is 11.6 Å². The minimum atomic E-state index is 0.799. The third-order valence-corrected chi connectivity index (χ3v) is 2.03. The SMILES string of the molecule is C/C=C/CC#CCCCCCCCl. The highest BCUT2D eigenvalue weighted by Gasteiger charge is 1.86. The summed E-state index contributed by atoms with van der Waals surface area (Å²) < 4.78 is 0. The van der Waals surface area contributed by atoms with Crippen molar-refractivity contribution in [1.82, 2.24) is 0 Å². The van der Waals surface area contributed by atoms with Gasteiger partial charge in [-0.2, -0.15) is 0 Å². The van der Waals surface area contributed by atoms with Crippen LogP contribution in [-0.2, 0) is 0 Å². The molecule has 0 radical (unpaired) electrons. The molecule has 0 amide bonds. The number of unbranched alkanes of at least 4 members (excludes halogenated alkanes) is 4. The normalized spacial score (nSPS) is 10.0. The molecule has 0 aliphatic carbocycles. The molecular formula is C12H19Cl. The zero-order valence-corrected chi connectivity index (χ0v) is 9.24. The standard InChI is InChI=1S/C12H19Cl/c1-2-3-4-5-6-7-8-9-10-11-12-13/h2-3H,4,7-12H2,1H3/b3-2+. The smallest absolute Gasteiger partial charge is 0.0269 e. The van der Waals surface area contributed by atoms with Crippen molar-refractivity contribution in [2.75, 3.05) is 5.88 Å². The van der Waals surface area contributed by atoms with Crippen LogP contribution in [0.5, 0.6) is 0 Å². The quantitative estimate of drug-likeness (QED) is 0.260. The molecule has 0 bridgehead atoms. The van der Waals surface area contributed by atoms with E-state index in [4.69, 9.17) is 11.6 Å². The van der Waals surface area contributed by atoms with Crippen molar-refractivity contribution in [3.63, 3.8) is 0 Å². The summed E-state index contributed by atoms with van der Waals surface area (Å²) in [6, 6.07) is 0. The minimum Gasteiger partial charge on any atom is -0.127 e. The van der Waals surface area contributed by atoms with Crippen molar-refractivity contribution < 1.29 is 0 Å². The van der Waals surface area contributed by atoms with E-state index in [9.17, 15) is 0 Å². The molecule has 13 heavy (non-hydrogen) atoms. The Hall–Kier alpha value is -0.410. The largest absolute Gasteiger partial charge is 0.127 e. The summed E-state index contributed by atoms with van der Waals surface area (Å²) in [6.07, 6.45) is 11.0. The van der Waals surface area contributed by atoms with Crippen LogP contribution in [0.1, 0.15) is 45.4 Å². The van der Waals surface area contributed by atoms with Gasteiger partial charge in [0.1, 0.15) is 0 Å². The maximum absolute atomic E-state index is 5.56. The summed E-state index contributed by atoms with van der Waals surface area (Å²) in [5.74, 6) is 7.08. The molecular weight excluding hydrogens is 180 g/mol. The van der Waals surface area contributed by atoms with Crippen LogP contribution in [0.4, 0.5) is 0 Å². The van der Waals surface area contributed by atoms with E-state index >= 15 is 0 Å². The average Bonchev–Trinajstić information content (AvgIpc) is 2.16. The van der Waals surface area contributed by atoms with Crippen LogP contribution in [0.2, 0.25) is 0 Å². The van der Waals surface area contributed by atoms with Crippen molar-refractivity contribution in [1.29, 1.82) is 0 Å². The number of rotatable bonds is 6. The summed E-state index contributed by atoms with van der Waals surface area (Å²) in [5.41, 5.74) is 0. The van der Waals surface area contributed by atoms with Crippen molar-refractivity contribution in [2.24, 2.45) is 0 Å². The Bertz CT molecular complexity index is 171. The highest BCUT2D eigenvalue weighted by atomic mass is 35.5. The lowest BCUT2D eigenvalue weighted by atomic mass is 10.1. The monoisotopic (exact) mass is 198 g/mol. The van der Waals surface area contributed by atoms with Crippen LogP contribution in [0.25, 0.3) is 0 Å². The zero-order chi connectivity index (χ0) is 9.78. The molecule has 0 fully saturated rings. The Kier molecular flexibility index (Phi) is 11.2. The summed E-state index contributed by atoms with van der Waals surface area (Å²) in [4.78, 5) is 0. The molecule has 0 aliphatic heterocycles. The van der Waals surface area contributed by atoms with Gasteiger partial charge in [-0.15, -0.1) is 17.5 Å². The van der Waals surface area contributed by atoms with E-state index in [1.54, 1.807) is 0 Å². The molecule has 0 atom stereocenters. The first kappa shape index (κ1) is 12.6. The number of alkyl halides is 1. The third kappa shape index (κ3) is 11.6. The maximum atomic E-state index is 5.56. The Balaban J connectivity index is 3.08. The summed E-state index contributed by atoms with van der Waals surface area (Å²) in [6.45, 7) is 2.02. The molecule has 0 aromatic heterocycles. The second kappa shape index (κ2) is 11.6. The Morgan fingerprint density at radius 1 is 1.08 bits per heavy atom. The predicted molar refractivity (Wildman–Crippen MR) is 61.0 cm³/mol. The van der Waals surface area contributed by atoms with Gasteiger partial charge in [0.15, 0.2) is 0 Å². The van der Waals surface area contributed by atoms with E-state index in [0.717, 1.165) is 25.1 Å². The molecule has 0 rings (SSSR count). The van der Waals surface area contributed by atoms with Gasteiger partial charge in [0.25, 0.3) is 0 Å². The first-order valence-corrected chi connectivity index (χ1v) is 5.58. The molecule has 0 N–H and O–H groups in total. The van der Waals surface area contributed by atoms with Gasteiger partial charge < -0.3 is 0 Å². The Labute approximate surface area is 87.4 Å². The molecule has 0 saturated heterocycles. The third-order valence-electron chi connectivity index (χ3n) is 1.77. The molecule has 0 aromatic rings. The molecule has 1 heteroatoms. The van der Waals surface area contributed by atoms with Crippen LogP contribution in [0, 0.1) is 11.8 Å². The van der Waals surface area contributed by atoms with Crippen molar-refractivity contribution in [3.8, 4) is 11.8 Å².